The second kappa shape index (κ2) is 7.37. The fourth-order valence-corrected chi connectivity index (χ4v) is 1.78. The van der Waals surface area contributed by atoms with Crippen LogP contribution in [0.3, 0.4) is 0 Å². The first-order valence-corrected chi connectivity index (χ1v) is 5.62. The number of hydrogen-bond donors (Lipinski definition) is 0. The molecule has 1 aliphatic carbocycles. The smallest absolute Gasteiger partial charge is 0.431 e. The number of hydrogen-bond acceptors (Lipinski definition) is 6. The van der Waals surface area contributed by atoms with E-state index in [1.54, 1.807) is 0 Å². The highest BCUT2D eigenvalue weighted by atomic mass is 16.7. The molecule has 0 radical (unpaired) electrons. The molecule has 0 spiro atoms. The predicted octanol–water partition coefficient (Wildman–Crippen LogP) is 2.89. The van der Waals surface area contributed by atoms with Crippen LogP contribution in [0.25, 0.3) is 0 Å². The van der Waals surface area contributed by atoms with Crippen molar-refractivity contribution in [1.29, 1.82) is 0 Å². The largest absolute Gasteiger partial charge is 0.513 e. The monoisotopic (exact) mass is 256 g/mol. The number of ether oxygens (including phenoxy) is 4. The average Bonchev–Trinajstić information content (AvgIpc) is 2.29. The van der Waals surface area contributed by atoms with Crippen molar-refractivity contribution in [1.82, 2.24) is 0 Å². The first-order chi connectivity index (χ1) is 8.65. The van der Waals surface area contributed by atoms with Crippen molar-refractivity contribution in [2.75, 3.05) is 0 Å². The maximum absolute atomic E-state index is 11.1. The molecule has 0 heterocycles. The Hall–Kier alpha value is -1.98. The van der Waals surface area contributed by atoms with Gasteiger partial charge in [-0.1, -0.05) is 13.2 Å². The van der Waals surface area contributed by atoms with Gasteiger partial charge in [0.15, 0.2) is 0 Å². The summed E-state index contributed by atoms with van der Waals surface area (Å²) >= 11 is 0. The zero-order valence-electron chi connectivity index (χ0n) is 10.0. The molecular formula is C12H16O6. The van der Waals surface area contributed by atoms with Crippen LogP contribution in [0.5, 0.6) is 0 Å². The van der Waals surface area contributed by atoms with E-state index in [0.717, 1.165) is 18.9 Å². The van der Waals surface area contributed by atoms with Gasteiger partial charge in [0.25, 0.3) is 0 Å². The van der Waals surface area contributed by atoms with Gasteiger partial charge in [-0.25, -0.2) is 9.59 Å². The Kier molecular flexibility index (Phi) is 5.76. The third kappa shape index (κ3) is 4.90. The Balaban J connectivity index is 2.36. The van der Waals surface area contributed by atoms with Crippen LogP contribution in [0.4, 0.5) is 9.59 Å². The van der Waals surface area contributed by atoms with Crippen LogP contribution < -0.4 is 0 Å². The highest BCUT2D eigenvalue weighted by Crippen LogP contribution is 2.24. The Morgan fingerprint density at radius 3 is 1.78 bits per heavy atom. The Morgan fingerprint density at radius 2 is 1.39 bits per heavy atom. The summed E-state index contributed by atoms with van der Waals surface area (Å²) < 4.78 is 19.0. The normalized spacial score (nSPS) is 22.4. The van der Waals surface area contributed by atoms with E-state index in [9.17, 15) is 9.59 Å². The fraction of sp³-hybridized carbons (Fsp3) is 0.500. The van der Waals surface area contributed by atoms with Crippen LogP contribution in [0.15, 0.2) is 25.7 Å². The molecular weight excluding hydrogens is 240 g/mol. The maximum atomic E-state index is 11.1. The summed E-state index contributed by atoms with van der Waals surface area (Å²) in [6.45, 7) is 6.50. The lowest BCUT2D eigenvalue weighted by Crippen LogP contribution is -2.31. The molecule has 0 aromatic rings. The zero-order valence-corrected chi connectivity index (χ0v) is 10.0. The summed E-state index contributed by atoms with van der Waals surface area (Å²) in [6, 6.07) is 0. The molecule has 0 saturated heterocycles. The molecule has 2 unspecified atom stereocenters. The van der Waals surface area contributed by atoms with Gasteiger partial charge in [-0.15, -0.1) is 0 Å². The summed E-state index contributed by atoms with van der Waals surface area (Å²) in [4.78, 5) is 22.2. The minimum Gasteiger partial charge on any atom is -0.431 e. The van der Waals surface area contributed by atoms with Crippen molar-refractivity contribution in [2.45, 2.75) is 37.9 Å². The minimum absolute atomic E-state index is 0.326. The lowest BCUT2D eigenvalue weighted by atomic mass is 9.95. The number of rotatable bonds is 4. The Bertz CT molecular complexity index is 295. The van der Waals surface area contributed by atoms with Crippen LogP contribution in [0, 0.1) is 0 Å². The molecule has 100 valence electrons. The quantitative estimate of drug-likeness (QED) is 0.569. The van der Waals surface area contributed by atoms with Crippen LogP contribution in [-0.4, -0.2) is 24.5 Å². The highest BCUT2D eigenvalue weighted by molar-refractivity contribution is 5.61. The van der Waals surface area contributed by atoms with Crippen molar-refractivity contribution >= 4 is 12.3 Å². The van der Waals surface area contributed by atoms with E-state index >= 15 is 0 Å². The first kappa shape index (κ1) is 14.1. The molecule has 2 atom stereocenters. The van der Waals surface area contributed by atoms with Gasteiger partial charge in [0.2, 0.25) is 0 Å². The summed E-state index contributed by atoms with van der Waals surface area (Å²) in [7, 11) is 0. The topological polar surface area (TPSA) is 71.1 Å². The lowest BCUT2D eigenvalue weighted by molar-refractivity contribution is -0.0208. The fourth-order valence-electron chi connectivity index (χ4n) is 1.78. The molecule has 0 aliphatic heterocycles. The van der Waals surface area contributed by atoms with Crippen molar-refractivity contribution in [3.05, 3.63) is 25.7 Å². The SMILES string of the molecule is C=COC(=O)OC1CCCC(OC(=O)OC=C)C1. The molecule has 0 amide bonds. The summed E-state index contributed by atoms with van der Waals surface area (Å²) in [6.07, 6.45) is 2.39. The predicted molar refractivity (Wildman–Crippen MR) is 61.6 cm³/mol. The molecule has 6 heteroatoms. The van der Waals surface area contributed by atoms with Crippen molar-refractivity contribution in [3.8, 4) is 0 Å². The van der Waals surface area contributed by atoms with Crippen molar-refractivity contribution < 1.29 is 28.5 Å². The molecule has 1 saturated carbocycles. The van der Waals surface area contributed by atoms with Crippen LogP contribution in [-0.2, 0) is 18.9 Å². The van der Waals surface area contributed by atoms with Gasteiger partial charge < -0.3 is 18.9 Å². The Labute approximate surface area is 105 Å². The molecule has 0 N–H and O–H groups in total. The molecule has 18 heavy (non-hydrogen) atoms. The van der Waals surface area contributed by atoms with E-state index < -0.39 is 12.3 Å². The lowest BCUT2D eigenvalue weighted by Gasteiger charge is -2.27. The van der Waals surface area contributed by atoms with E-state index in [-0.39, 0.29) is 12.2 Å². The second-order valence-electron chi connectivity index (χ2n) is 3.72. The molecule has 6 nitrogen and oxygen atoms in total. The van der Waals surface area contributed by atoms with E-state index in [1.807, 2.05) is 0 Å². The van der Waals surface area contributed by atoms with Gasteiger partial charge in [0.05, 0.1) is 12.5 Å². The van der Waals surface area contributed by atoms with Crippen LogP contribution >= 0.6 is 0 Å². The highest BCUT2D eigenvalue weighted by Gasteiger charge is 2.28. The second-order valence-corrected chi connectivity index (χ2v) is 3.72. The van der Waals surface area contributed by atoms with Gasteiger partial charge in [-0.3, -0.25) is 0 Å². The van der Waals surface area contributed by atoms with E-state index in [1.165, 1.54) is 0 Å². The third-order valence-corrected chi connectivity index (χ3v) is 2.46. The third-order valence-electron chi connectivity index (χ3n) is 2.46. The Morgan fingerprint density at radius 1 is 0.944 bits per heavy atom. The average molecular weight is 256 g/mol. The molecule has 1 aliphatic rings. The first-order valence-electron chi connectivity index (χ1n) is 5.62. The van der Waals surface area contributed by atoms with Gasteiger partial charge in [0.1, 0.15) is 12.2 Å². The maximum Gasteiger partial charge on any atom is 0.513 e. The van der Waals surface area contributed by atoms with E-state index in [0.29, 0.717) is 19.3 Å². The van der Waals surface area contributed by atoms with Gasteiger partial charge in [0, 0.05) is 6.42 Å². The molecule has 0 aromatic carbocycles. The van der Waals surface area contributed by atoms with Gasteiger partial charge in [-0.2, -0.15) is 0 Å². The molecule has 0 bridgehead atoms. The molecule has 1 rings (SSSR count). The van der Waals surface area contributed by atoms with Crippen molar-refractivity contribution in [3.63, 3.8) is 0 Å². The summed E-state index contributed by atoms with van der Waals surface area (Å²) in [5, 5.41) is 0. The summed E-state index contributed by atoms with van der Waals surface area (Å²) in [5.74, 6) is 0. The van der Waals surface area contributed by atoms with Crippen LogP contribution in [0.2, 0.25) is 0 Å². The van der Waals surface area contributed by atoms with E-state index in [2.05, 4.69) is 22.6 Å². The minimum atomic E-state index is -0.802. The van der Waals surface area contributed by atoms with E-state index in [4.69, 9.17) is 9.47 Å². The molecule has 0 aromatic heterocycles. The summed E-state index contributed by atoms with van der Waals surface area (Å²) in [5.41, 5.74) is 0. The molecule has 1 fully saturated rings. The zero-order chi connectivity index (χ0) is 13.4. The van der Waals surface area contributed by atoms with Gasteiger partial charge in [-0.05, 0) is 19.3 Å². The number of carbonyl (C=O) groups excluding carboxylic acids is 2. The van der Waals surface area contributed by atoms with Gasteiger partial charge >= 0.3 is 12.3 Å². The van der Waals surface area contributed by atoms with Crippen LogP contribution in [0.1, 0.15) is 25.7 Å². The standard InChI is InChI=1S/C12H16O6/c1-3-15-11(13)17-9-6-5-7-10(8-9)18-12(14)16-4-2/h3-4,9-10H,1-2,5-8H2. The van der Waals surface area contributed by atoms with Crippen molar-refractivity contribution in [2.24, 2.45) is 0 Å². The number of carbonyl (C=O) groups is 2.